The van der Waals surface area contributed by atoms with E-state index in [1.807, 2.05) is 60.7 Å². The monoisotopic (exact) mass is 329 g/mol. The maximum Gasteiger partial charge on any atom is 0.270 e. The van der Waals surface area contributed by atoms with Crippen molar-refractivity contribution in [1.82, 2.24) is 0 Å². The lowest BCUT2D eigenvalue weighted by Gasteiger charge is -2.12. The Hall–Kier alpha value is -3.24. The van der Waals surface area contributed by atoms with E-state index in [2.05, 4.69) is 0 Å². The molecule has 0 saturated carbocycles. The Morgan fingerprint density at radius 2 is 1.44 bits per heavy atom. The zero-order chi connectivity index (χ0) is 17.4. The largest absolute Gasteiger partial charge is 0.384 e. The third kappa shape index (κ3) is 2.53. The van der Waals surface area contributed by atoms with E-state index in [0.717, 1.165) is 22.3 Å². The number of hydrogen-bond acceptors (Lipinski definition) is 3. The van der Waals surface area contributed by atoms with Crippen LogP contribution in [0.25, 0.3) is 11.1 Å². The molecular weight excluding hydrogens is 314 g/mol. The summed E-state index contributed by atoms with van der Waals surface area (Å²) in [5.74, 6) is 0. The number of nitro benzene ring substituents is 1. The van der Waals surface area contributed by atoms with Gasteiger partial charge in [-0.2, -0.15) is 0 Å². The van der Waals surface area contributed by atoms with Gasteiger partial charge in [0.05, 0.1) is 4.92 Å². The highest BCUT2D eigenvalue weighted by Gasteiger charge is 2.32. The Bertz CT molecular complexity index is 979. The maximum absolute atomic E-state index is 11.2. The van der Waals surface area contributed by atoms with E-state index in [1.54, 1.807) is 12.1 Å². The number of aliphatic hydroxyl groups is 1. The van der Waals surface area contributed by atoms with Gasteiger partial charge in [-0.25, -0.2) is 0 Å². The van der Waals surface area contributed by atoms with E-state index < -0.39 is 11.0 Å². The third-order valence-electron chi connectivity index (χ3n) is 4.50. The molecule has 4 rings (SSSR count). The van der Waals surface area contributed by atoms with Gasteiger partial charge in [0.1, 0.15) is 6.10 Å². The second-order valence-electron chi connectivity index (χ2n) is 5.95. The number of fused-ring (bicyclic) bond motifs is 1. The molecule has 0 fully saturated rings. The van der Waals surface area contributed by atoms with Gasteiger partial charge < -0.3 is 5.11 Å². The summed E-state index contributed by atoms with van der Waals surface area (Å²) in [7, 11) is 0. The molecule has 122 valence electrons. The molecule has 0 bridgehead atoms. The minimum Gasteiger partial charge on any atom is -0.384 e. The van der Waals surface area contributed by atoms with Crippen molar-refractivity contribution in [2.75, 3.05) is 0 Å². The molecule has 0 spiro atoms. The molecule has 4 heteroatoms. The van der Waals surface area contributed by atoms with E-state index in [-0.39, 0.29) is 5.69 Å². The molecule has 0 aromatic heterocycles. The summed E-state index contributed by atoms with van der Waals surface area (Å²) in [6.07, 6.45) is -0.812. The fraction of sp³-hybridized carbons (Fsp3) is 0.0476. The molecule has 1 N–H and O–H groups in total. The van der Waals surface area contributed by atoms with Crippen LogP contribution in [0.3, 0.4) is 0 Å². The molecule has 1 aliphatic rings. The third-order valence-corrected chi connectivity index (χ3v) is 4.50. The number of nitrogens with zero attached hydrogens (tertiary/aromatic N) is 1. The molecular formula is C21H15NO3. The summed E-state index contributed by atoms with van der Waals surface area (Å²) in [6.45, 7) is 0. The first-order valence-corrected chi connectivity index (χ1v) is 7.98. The number of nitro groups is 1. The van der Waals surface area contributed by atoms with Crippen LogP contribution in [0, 0.1) is 10.1 Å². The summed E-state index contributed by atoms with van der Waals surface area (Å²) in [4.78, 5) is 10.8. The minimum atomic E-state index is -0.812. The number of non-ortho nitro benzene ring substituents is 1. The molecule has 0 radical (unpaired) electrons. The first-order chi connectivity index (χ1) is 12.2. The molecule has 25 heavy (non-hydrogen) atoms. The lowest BCUT2D eigenvalue weighted by Crippen LogP contribution is -1.97. The highest BCUT2D eigenvalue weighted by atomic mass is 16.6. The van der Waals surface area contributed by atoms with Crippen LogP contribution in [-0.2, 0) is 0 Å². The molecule has 0 heterocycles. The Balaban J connectivity index is 2.02. The normalized spacial score (nSPS) is 16.0. The molecule has 0 amide bonds. The number of benzene rings is 3. The number of aliphatic hydroxyl groups excluding tert-OH is 1. The van der Waals surface area contributed by atoms with Crippen molar-refractivity contribution in [1.29, 1.82) is 0 Å². The average molecular weight is 329 g/mol. The zero-order valence-corrected chi connectivity index (χ0v) is 13.3. The van der Waals surface area contributed by atoms with Gasteiger partial charge in [0.2, 0.25) is 0 Å². The van der Waals surface area contributed by atoms with Crippen LogP contribution >= 0.6 is 0 Å². The molecule has 0 saturated heterocycles. The number of hydrogen-bond donors (Lipinski definition) is 1. The summed E-state index contributed by atoms with van der Waals surface area (Å²) in [5.41, 5.74) is 4.90. The van der Waals surface area contributed by atoms with Gasteiger partial charge in [-0.3, -0.25) is 10.1 Å². The van der Waals surface area contributed by atoms with Gasteiger partial charge in [0.25, 0.3) is 5.69 Å². The molecule has 1 aliphatic carbocycles. The fourth-order valence-electron chi connectivity index (χ4n) is 3.39. The molecule has 1 unspecified atom stereocenters. The van der Waals surface area contributed by atoms with Gasteiger partial charge >= 0.3 is 0 Å². The van der Waals surface area contributed by atoms with E-state index >= 15 is 0 Å². The molecule has 1 atom stereocenters. The molecule has 3 aromatic carbocycles. The van der Waals surface area contributed by atoms with Gasteiger partial charge in [0.15, 0.2) is 0 Å². The smallest absolute Gasteiger partial charge is 0.270 e. The highest BCUT2D eigenvalue weighted by molar-refractivity contribution is 6.05. The van der Waals surface area contributed by atoms with Gasteiger partial charge in [-0.05, 0) is 33.9 Å². The van der Waals surface area contributed by atoms with E-state index in [4.69, 9.17) is 0 Å². The van der Waals surface area contributed by atoms with Crippen molar-refractivity contribution in [2.45, 2.75) is 6.10 Å². The van der Waals surface area contributed by atoms with Crippen LogP contribution in [0.2, 0.25) is 0 Å². The predicted octanol–water partition coefficient (Wildman–Crippen LogP) is 4.60. The van der Waals surface area contributed by atoms with Crippen LogP contribution < -0.4 is 0 Å². The second kappa shape index (κ2) is 6.00. The van der Waals surface area contributed by atoms with Crippen molar-refractivity contribution in [3.63, 3.8) is 0 Å². The van der Waals surface area contributed by atoms with Gasteiger partial charge in [-0.15, -0.1) is 0 Å². The van der Waals surface area contributed by atoms with Crippen molar-refractivity contribution >= 4 is 16.8 Å². The van der Waals surface area contributed by atoms with Crippen LogP contribution in [0.15, 0.2) is 78.9 Å². The molecule has 0 aliphatic heterocycles. The van der Waals surface area contributed by atoms with Crippen molar-refractivity contribution in [3.8, 4) is 0 Å². The SMILES string of the molecule is O=[N+]([O-])c1ccc2c(c1)C(c1ccccc1)=C(c1ccccc1)C2O. The lowest BCUT2D eigenvalue weighted by atomic mass is 9.94. The second-order valence-corrected chi connectivity index (χ2v) is 5.95. The number of rotatable bonds is 3. The summed E-state index contributed by atoms with van der Waals surface area (Å²) >= 11 is 0. The van der Waals surface area contributed by atoms with Crippen molar-refractivity contribution in [3.05, 3.63) is 111 Å². The van der Waals surface area contributed by atoms with Gasteiger partial charge in [0, 0.05) is 17.7 Å². The van der Waals surface area contributed by atoms with Crippen LogP contribution in [0.1, 0.15) is 28.4 Å². The predicted molar refractivity (Wildman–Crippen MR) is 96.9 cm³/mol. The summed E-state index contributed by atoms with van der Waals surface area (Å²) < 4.78 is 0. The Kier molecular flexibility index (Phi) is 3.67. The molecule has 4 nitrogen and oxygen atoms in total. The zero-order valence-electron chi connectivity index (χ0n) is 13.3. The minimum absolute atomic E-state index is 0.0219. The summed E-state index contributed by atoms with van der Waals surface area (Å²) in [5, 5.41) is 22.1. The standard InChI is InChI=1S/C21H15NO3/c23-21-17-12-11-16(22(24)25)13-18(17)19(14-7-3-1-4-8-14)20(21)15-9-5-2-6-10-15/h1-13,21,23H. The summed E-state index contributed by atoms with van der Waals surface area (Å²) in [6, 6.07) is 24.0. The first-order valence-electron chi connectivity index (χ1n) is 7.98. The van der Waals surface area contributed by atoms with Crippen molar-refractivity contribution < 1.29 is 10.0 Å². The maximum atomic E-state index is 11.2. The Labute approximate surface area is 144 Å². The quantitative estimate of drug-likeness (QED) is 0.564. The van der Waals surface area contributed by atoms with E-state index in [9.17, 15) is 15.2 Å². The van der Waals surface area contributed by atoms with E-state index in [1.165, 1.54) is 6.07 Å². The van der Waals surface area contributed by atoms with Crippen LogP contribution in [-0.4, -0.2) is 10.0 Å². The first kappa shape index (κ1) is 15.3. The lowest BCUT2D eigenvalue weighted by molar-refractivity contribution is -0.384. The Morgan fingerprint density at radius 3 is 2.04 bits per heavy atom. The van der Waals surface area contributed by atoms with Crippen molar-refractivity contribution in [2.24, 2.45) is 0 Å². The van der Waals surface area contributed by atoms with E-state index in [0.29, 0.717) is 11.1 Å². The molecule has 3 aromatic rings. The van der Waals surface area contributed by atoms with Crippen LogP contribution in [0.4, 0.5) is 5.69 Å². The fourth-order valence-corrected chi connectivity index (χ4v) is 3.39. The average Bonchev–Trinajstić information content (AvgIpc) is 2.95. The Morgan fingerprint density at radius 1 is 0.840 bits per heavy atom. The van der Waals surface area contributed by atoms with Crippen LogP contribution in [0.5, 0.6) is 0 Å². The highest BCUT2D eigenvalue weighted by Crippen LogP contribution is 2.49. The topological polar surface area (TPSA) is 63.4 Å². The van der Waals surface area contributed by atoms with Gasteiger partial charge in [-0.1, -0.05) is 60.7 Å².